The first kappa shape index (κ1) is 16.5. The van der Waals surface area contributed by atoms with Crippen LogP contribution >= 0.6 is 0 Å². The molecule has 0 fully saturated rings. The van der Waals surface area contributed by atoms with E-state index in [1.807, 2.05) is 0 Å². The second kappa shape index (κ2) is 6.49. The number of imidazole rings is 1. The normalized spacial score (nSPS) is 15.8. The predicted octanol–water partition coefficient (Wildman–Crippen LogP) is 2.32. The molecule has 0 atom stereocenters. The highest BCUT2D eigenvalue weighted by atomic mass is 15.1. The Morgan fingerprint density at radius 1 is 1.33 bits per heavy atom. The van der Waals surface area contributed by atoms with E-state index in [0.29, 0.717) is 5.92 Å². The molecule has 0 aromatic carbocycles. The van der Waals surface area contributed by atoms with Crippen molar-refractivity contribution in [2.45, 2.75) is 53.6 Å². The summed E-state index contributed by atoms with van der Waals surface area (Å²) in [6.45, 7) is 13.5. The van der Waals surface area contributed by atoms with E-state index in [9.17, 15) is 0 Å². The highest BCUT2D eigenvalue weighted by molar-refractivity contribution is 5.21. The quantitative estimate of drug-likeness (QED) is 0.873. The van der Waals surface area contributed by atoms with Crippen LogP contribution in [-0.2, 0) is 25.9 Å². The van der Waals surface area contributed by atoms with Gasteiger partial charge in [-0.1, -0.05) is 27.7 Å². The van der Waals surface area contributed by atoms with E-state index in [4.69, 9.17) is 4.98 Å². The molecule has 4 heteroatoms. The van der Waals surface area contributed by atoms with E-state index in [-0.39, 0.29) is 5.41 Å². The zero-order valence-corrected chi connectivity index (χ0v) is 14.7. The molecule has 1 aromatic heterocycles. The molecule has 0 unspecified atom stereocenters. The van der Waals surface area contributed by atoms with E-state index in [2.05, 4.69) is 56.6 Å². The highest BCUT2D eigenvalue weighted by Gasteiger charge is 2.26. The topological polar surface area (TPSA) is 33.1 Å². The third-order valence-corrected chi connectivity index (χ3v) is 3.99. The summed E-state index contributed by atoms with van der Waals surface area (Å²) >= 11 is 0. The summed E-state index contributed by atoms with van der Waals surface area (Å²) in [7, 11) is 4.31. The molecule has 0 radical (unpaired) electrons. The van der Waals surface area contributed by atoms with Crippen molar-refractivity contribution in [3.8, 4) is 0 Å². The van der Waals surface area contributed by atoms with Gasteiger partial charge in [0.2, 0.25) is 0 Å². The van der Waals surface area contributed by atoms with Gasteiger partial charge in [-0.25, -0.2) is 4.98 Å². The summed E-state index contributed by atoms with van der Waals surface area (Å²) in [5, 5.41) is 3.45. The van der Waals surface area contributed by atoms with E-state index in [1.165, 1.54) is 17.2 Å². The smallest absolute Gasteiger partial charge is 0.109 e. The van der Waals surface area contributed by atoms with Gasteiger partial charge in [0.25, 0.3) is 0 Å². The minimum atomic E-state index is 0.259. The Kier molecular flexibility index (Phi) is 5.10. The molecule has 120 valence electrons. The molecule has 21 heavy (non-hydrogen) atoms. The molecule has 2 rings (SSSR count). The number of hydrogen-bond acceptors (Lipinski definition) is 3. The van der Waals surface area contributed by atoms with Gasteiger partial charge in [0.1, 0.15) is 5.82 Å². The number of aromatic nitrogens is 2. The Morgan fingerprint density at radius 3 is 2.67 bits per heavy atom. The number of rotatable bonds is 6. The van der Waals surface area contributed by atoms with Crippen LogP contribution in [0.4, 0.5) is 0 Å². The third kappa shape index (κ3) is 4.30. The van der Waals surface area contributed by atoms with Crippen molar-refractivity contribution < 1.29 is 0 Å². The minimum Gasteiger partial charge on any atom is -0.331 e. The SMILES string of the molecule is CC(C)Cc1nc2c(n1CC(C)(C)CN(C)C)CCNC2. The number of nitrogens with zero attached hydrogens (tertiary/aromatic N) is 3. The van der Waals surface area contributed by atoms with Gasteiger partial charge in [-0.15, -0.1) is 0 Å². The van der Waals surface area contributed by atoms with Gasteiger partial charge < -0.3 is 14.8 Å². The molecule has 1 N–H and O–H groups in total. The first-order valence-corrected chi connectivity index (χ1v) is 8.21. The molecule has 0 bridgehead atoms. The van der Waals surface area contributed by atoms with Gasteiger partial charge in [-0.05, 0) is 25.4 Å². The predicted molar refractivity (Wildman–Crippen MR) is 88.5 cm³/mol. The van der Waals surface area contributed by atoms with Crippen molar-refractivity contribution in [2.24, 2.45) is 11.3 Å². The molecule has 1 aliphatic heterocycles. The number of nitrogens with one attached hydrogen (secondary N) is 1. The van der Waals surface area contributed by atoms with Crippen LogP contribution in [0.3, 0.4) is 0 Å². The Morgan fingerprint density at radius 2 is 2.05 bits per heavy atom. The summed E-state index contributed by atoms with van der Waals surface area (Å²) in [5.74, 6) is 1.93. The second-order valence-corrected chi connectivity index (χ2v) is 7.93. The summed E-state index contributed by atoms with van der Waals surface area (Å²) in [5.41, 5.74) is 3.00. The van der Waals surface area contributed by atoms with Crippen LogP contribution < -0.4 is 5.32 Å². The summed E-state index contributed by atoms with van der Waals surface area (Å²) in [6, 6.07) is 0. The average Bonchev–Trinajstić information content (AvgIpc) is 2.64. The van der Waals surface area contributed by atoms with E-state index >= 15 is 0 Å². The van der Waals surface area contributed by atoms with Crippen molar-refractivity contribution in [3.05, 3.63) is 17.2 Å². The maximum atomic E-state index is 4.94. The Labute approximate surface area is 129 Å². The van der Waals surface area contributed by atoms with E-state index in [0.717, 1.165) is 39.0 Å². The Hall–Kier alpha value is -0.870. The lowest BCUT2D eigenvalue weighted by atomic mass is 9.92. The standard InChI is InChI=1S/C17H32N4/c1-13(2)9-16-19-14-10-18-8-7-15(14)21(16)12-17(3,4)11-20(5)6/h13,18H,7-12H2,1-6H3. The summed E-state index contributed by atoms with van der Waals surface area (Å²) in [4.78, 5) is 7.23. The minimum absolute atomic E-state index is 0.259. The zero-order chi connectivity index (χ0) is 15.6. The maximum absolute atomic E-state index is 4.94. The van der Waals surface area contributed by atoms with Crippen LogP contribution in [0, 0.1) is 11.3 Å². The average molecular weight is 292 g/mol. The van der Waals surface area contributed by atoms with Crippen LogP contribution in [-0.4, -0.2) is 41.6 Å². The van der Waals surface area contributed by atoms with Crippen molar-refractivity contribution in [1.82, 2.24) is 19.8 Å². The van der Waals surface area contributed by atoms with Crippen LogP contribution in [0.1, 0.15) is 44.9 Å². The molecule has 0 spiro atoms. The molecule has 0 aliphatic carbocycles. The van der Waals surface area contributed by atoms with Crippen LogP contribution in [0.15, 0.2) is 0 Å². The highest BCUT2D eigenvalue weighted by Crippen LogP contribution is 2.25. The van der Waals surface area contributed by atoms with Crippen molar-refractivity contribution in [3.63, 3.8) is 0 Å². The van der Waals surface area contributed by atoms with Gasteiger partial charge in [-0.2, -0.15) is 0 Å². The lowest BCUT2D eigenvalue weighted by Gasteiger charge is -2.31. The number of hydrogen-bond donors (Lipinski definition) is 1. The maximum Gasteiger partial charge on any atom is 0.109 e. The van der Waals surface area contributed by atoms with Crippen LogP contribution in [0.2, 0.25) is 0 Å². The molecule has 1 aromatic rings. The first-order chi connectivity index (χ1) is 9.78. The zero-order valence-electron chi connectivity index (χ0n) is 14.7. The molecule has 0 saturated carbocycles. The van der Waals surface area contributed by atoms with E-state index in [1.54, 1.807) is 0 Å². The van der Waals surface area contributed by atoms with Crippen LogP contribution in [0.25, 0.3) is 0 Å². The lowest BCUT2D eigenvalue weighted by molar-refractivity contribution is 0.207. The summed E-state index contributed by atoms with van der Waals surface area (Å²) < 4.78 is 2.53. The monoisotopic (exact) mass is 292 g/mol. The van der Waals surface area contributed by atoms with Gasteiger partial charge in [0.05, 0.1) is 5.69 Å². The third-order valence-electron chi connectivity index (χ3n) is 3.99. The first-order valence-electron chi connectivity index (χ1n) is 8.21. The van der Waals surface area contributed by atoms with Gasteiger partial charge in [0.15, 0.2) is 0 Å². The fourth-order valence-corrected chi connectivity index (χ4v) is 3.47. The Balaban J connectivity index is 2.29. The number of fused-ring (bicyclic) bond motifs is 1. The van der Waals surface area contributed by atoms with Crippen molar-refractivity contribution in [1.29, 1.82) is 0 Å². The second-order valence-electron chi connectivity index (χ2n) is 7.93. The summed E-state index contributed by atoms with van der Waals surface area (Å²) in [6.07, 6.45) is 2.18. The molecule has 4 nitrogen and oxygen atoms in total. The largest absolute Gasteiger partial charge is 0.331 e. The molecule has 1 aliphatic rings. The van der Waals surface area contributed by atoms with Gasteiger partial charge >= 0.3 is 0 Å². The van der Waals surface area contributed by atoms with Gasteiger partial charge in [-0.3, -0.25) is 0 Å². The molecule has 0 saturated heterocycles. The lowest BCUT2D eigenvalue weighted by Crippen LogP contribution is -2.34. The molecular weight excluding hydrogens is 260 g/mol. The van der Waals surface area contributed by atoms with Crippen LogP contribution in [0.5, 0.6) is 0 Å². The van der Waals surface area contributed by atoms with Crippen molar-refractivity contribution in [2.75, 3.05) is 27.2 Å². The molecular formula is C17H32N4. The van der Waals surface area contributed by atoms with Crippen molar-refractivity contribution >= 4 is 0 Å². The van der Waals surface area contributed by atoms with Gasteiger partial charge in [0, 0.05) is 44.7 Å². The fraction of sp³-hybridized carbons (Fsp3) is 0.824. The van der Waals surface area contributed by atoms with E-state index < -0.39 is 0 Å². The Bertz CT molecular complexity index is 471. The molecule has 2 heterocycles. The fourth-order valence-electron chi connectivity index (χ4n) is 3.47. The molecule has 0 amide bonds.